The molecule has 0 saturated carbocycles. The third kappa shape index (κ3) is 8.15. The number of anilines is 2. The first-order chi connectivity index (χ1) is 29.7. The number of rotatable bonds is 14. The molecule has 6 heterocycles. The standard InChI is InChI=1S/C24H23N5S.C24H21N5S/c2*1-2-14-28-21-12-7-6-11-20(21)26-24(28)25-16-18-17-29(19-9-4-3-5-10-19)27-23(18)22-13-8-15-30-22/h3-13,15,17H,2,14,16H2,1H3,(H,25,26);2-13,15,17H,1,14,16H2,(H,25,26). The molecule has 0 saturated heterocycles. The Morgan fingerprint density at radius 1 is 0.567 bits per heavy atom. The maximum atomic E-state index is 4.90. The van der Waals surface area contributed by atoms with Gasteiger partial charge < -0.3 is 19.8 Å². The number of fused-ring (bicyclic) bond motifs is 2. The van der Waals surface area contributed by atoms with Gasteiger partial charge in [0.1, 0.15) is 11.4 Å². The van der Waals surface area contributed by atoms with Gasteiger partial charge in [-0.05, 0) is 77.8 Å². The second-order valence-electron chi connectivity index (χ2n) is 14.1. The zero-order valence-corrected chi connectivity index (χ0v) is 34.9. The van der Waals surface area contributed by atoms with Crippen molar-refractivity contribution in [3.63, 3.8) is 0 Å². The summed E-state index contributed by atoms with van der Waals surface area (Å²) in [7, 11) is 0. The molecule has 0 spiro atoms. The van der Waals surface area contributed by atoms with Crippen molar-refractivity contribution in [2.75, 3.05) is 10.6 Å². The van der Waals surface area contributed by atoms with Crippen molar-refractivity contribution in [2.45, 2.75) is 39.5 Å². The van der Waals surface area contributed by atoms with Gasteiger partial charge in [0.2, 0.25) is 11.9 Å². The van der Waals surface area contributed by atoms with Gasteiger partial charge in [-0.2, -0.15) is 10.2 Å². The molecule has 0 aliphatic rings. The lowest BCUT2D eigenvalue weighted by Gasteiger charge is -2.09. The number of allylic oxidation sites excluding steroid dienone is 1. The van der Waals surface area contributed by atoms with Gasteiger partial charge in [0, 0.05) is 49.7 Å². The van der Waals surface area contributed by atoms with Crippen molar-refractivity contribution < 1.29 is 0 Å². The van der Waals surface area contributed by atoms with Gasteiger partial charge in [0.15, 0.2) is 0 Å². The molecule has 0 radical (unpaired) electrons. The number of nitrogens with zero attached hydrogens (tertiary/aromatic N) is 8. The molecule has 10 rings (SSSR count). The number of nitrogens with one attached hydrogen (secondary N) is 2. The number of thiophene rings is 2. The Morgan fingerprint density at radius 2 is 1.03 bits per heavy atom. The number of benzene rings is 4. The van der Waals surface area contributed by atoms with Crippen LogP contribution < -0.4 is 10.6 Å². The molecule has 2 N–H and O–H groups in total. The van der Waals surface area contributed by atoms with E-state index in [0.717, 1.165) is 80.2 Å². The monoisotopic (exact) mass is 824 g/mol. The normalized spacial score (nSPS) is 11.2. The fourth-order valence-electron chi connectivity index (χ4n) is 7.28. The molecular weight excluding hydrogens is 781 g/mol. The first-order valence-corrected chi connectivity index (χ1v) is 21.8. The maximum absolute atomic E-state index is 4.90. The largest absolute Gasteiger partial charge is 0.351 e. The summed E-state index contributed by atoms with van der Waals surface area (Å²) in [5.41, 5.74) is 10.6. The number of imidazole rings is 2. The van der Waals surface area contributed by atoms with Crippen LogP contribution in [0.4, 0.5) is 11.9 Å². The van der Waals surface area contributed by atoms with Crippen LogP contribution in [0.3, 0.4) is 0 Å². The molecule has 10 aromatic rings. The predicted octanol–water partition coefficient (Wildman–Crippen LogP) is 11.7. The van der Waals surface area contributed by atoms with E-state index in [2.05, 4.69) is 129 Å². The summed E-state index contributed by atoms with van der Waals surface area (Å²) in [6.45, 7) is 9.01. The van der Waals surface area contributed by atoms with E-state index < -0.39 is 0 Å². The van der Waals surface area contributed by atoms with Gasteiger partial charge in [0.05, 0.1) is 43.2 Å². The van der Waals surface area contributed by atoms with Gasteiger partial charge in [-0.3, -0.25) is 0 Å². The maximum Gasteiger partial charge on any atom is 0.204 e. The average molecular weight is 825 g/mol. The fraction of sp³-hybridized carbons (Fsp3) is 0.125. The number of aryl methyl sites for hydroxylation is 1. The topological polar surface area (TPSA) is 95.3 Å². The Hall–Kier alpha value is -7.02. The van der Waals surface area contributed by atoms with E-state index >= 15 is 0 Å². The summed E-state index contributed by atoms with van der Waals surface area (Å²) in [5.74, 6) is 1.74. The van der Waals surface area contributed by atoms with Crippen molar-refractivity contribution in [3.05, 3.63) is 180 Å². The Kier molecular flexibility index (Phi) is 11.5. The SMILES string of the molecule is C=CCn1c(NCc2cn(-c3ccccc3)nc2-c2cccs2)nc2ccccc21.CCCn1c(NCc2cn(-c3ccccc3)nc2-c2cccs2)nc2ccccc21. The number of hydrogen-bond acceptors (Lipinski definition) is 8. The first kappa shape index (κ1) is 38.5. The van der Waals surface area contributed by atoms with E-state index in [9.17, 15) is 0 Å². The summed E-state index contributed by atoms with van der Waals surface area (Å²) in [4.78, 5) is 11.9. The Morgan fingerprint density at radius 3 is 1.50 bits per heavy atom. The quantitative estimate of drug-likeness (QED) is 0.106. The van der Waals surface area contributed by atoms with Crippen LogP contribution in [0.1, 0.15) is 24.5 Å². The first-order valence-electron chi connectivity index (χ1n) is 20.0. The summed E-state index contributed by atoms with van der Waals surface area (Å²) < 4.78 is 8.32. The molecule has 0 fully saturated rings. The van der Waals surface area contributed by atoms with Crippen LogP contribution in [-0.4, -0.2) is 38.7 Å². The zero-order chi connectivity index (χ0) is 40.7. The molecule has 0 unspecified atom stereocenters. The van der Waals surface area contributed by atoms with Crippen molar-refractivity contribution in [1.29, 1.82) is 0 Å². The minimum Gasteiger partial charge on any atom is -0.351 e. The molecule has 6 aromatic heterocycles. The molecule has 0 bridgehead atoms. The Balaban J connectivity index is 0.000000154. The molecule has 0 atom stereocenters. The molecule has 0 aliphatic carbocycles. The van der Waals surface area contributed by atoms with Crippen LogP contribution in [0.25, 0.3) is 54.6 Å². The van der Waals surface area contributed by atoms with Crippen LogP contribution in [0.5, 0.6) is 0 Å². The number of hydrogen-bond donors (Lipinski definition) is 2. The van der Waals surface area contributed by atoms with E-state index in [1.807, 2.05) is 76.1 Å². The lowest BCUT2D eigenvalue weighted by atomic mass is 10.2. The molecule has 4 aromatic carbocycles. The fourth-order valence-corrected chi connectivity index (χ4v) is 8.77. The third-order valence-electron chi connectivity index (χ3n) is 10.1. The number of para-hydroxylation sites is 6. The molecule has 0 aliphatic heterocycles. The summed E-state index contributed by atoms with van der Waals surface area (Å²) in [5, 5.41) is 21.1. The lowest BCUT2D eigenvalue weighted by Crippen LogP contribution is -2.07. The second-order valence-corrected chi connectivity index (χ2v) is 16.0. The lowest BCUT2D eigenvalue weighted by molar-refractivity contribution is 0.700. The highest BCUT2D eigenvalue weighted by atomic mass is 32.1. The van der Waals surface area contributed by atoms with Crippen LogP contribution in [0, 0.1) is 0 Å². The second kappa shape index (κ2) is 17.9. The summed E-state index contributed by atoms with van der Waals surface area (Å²) in [6.07, 6.45) is 7.16. The molecule has 298 valence electrons. The van der Waals surface area contributed by atoms with E-state index in [0.29, 0.717) is 19.6 Å². The van der Waals surface area contributed by atoms with Crippen molar-refractivity contribution in [1.82, 2.24) is 38.7 Å². The van der Waals surface area contributed by atoms with Crippen LogP contribution >= 0.6 is 22.7 Å². The van der Waals surface area contributed by atoms with Crippen LogP contribution in [-0.2, 0) is 26.2 Å². The van der Waals surface area contributed by atoms with Crippen LogP contribution in [0.2, 0.25) is 0 Å². The van der Waals surface area contributed by atoms with Crippen LogP contribution in [0.15, 0.2) is 169 Å². The van der Waals surface area contributed by atoms with Crippen molar-refractivity contribution >= 4 is 56.6 Å². The van der Waals surface area contributed by atoms with E-state index in [4.69, 9.17) is 20.2 Å². The minimum absolute atomic E-state index is 0.626. The Labute approximate surface area is 356 Å². The van der Waals surface area contributed by atoms with Gasteiger partial charge in [-0.1, -0.05) is 85.8 Å². The van der Waals surface area contributed by atoms with Gasteiger partial charge in [0.25, 0.3) is 0 Å². The summed E-state index contributed by atoms with van der Waals surface area (Å²) >= 11 is 3.41. The highest BCUT2D eigenvalue weighted by Crippen LogP contribution is 2.31. The summed E-state index contributed by atoms with van der Waals surface area (Å²) in [6, 6.07) is 45.2. The molecule has 10 nitrogen and oxygen atoms in total. The van der Waals surface area contributed by atoms with E-state index in [1.54, 1.807) is 22.7 Å². The van der Waals surface area contributed by atoms with E-state index in [-0.39, 0.29) is 0 Å². The molecular formula is C48H44N10S2. The van der Waals surface area contributed by atoms with Gasteiger partial charge >= 0.3 is 0 Å². The average Bonchev–Trinajstić information content (AvgIpc) is 4.16. The van der Waals surface area contributed by atoms with Gasteiger partial charge in [-0.15, -0.1) is 29.3 Å². The minimum atomic E-state index is 0.626. The van der Waals surface area contributed by atoms with Crippen molar-refractivity contribution in [3.8, 4) is 32.5 Å². The number of aromatic nitrogens is 8. The smallest absolute Gasteiger partial charge is 0.204 e. The molecule has 60 heavy (non-hydrogen) atoms. The van der Waals surface area contributed by atoms with Gasteiger partial charge in [-0.25, -0.2) is 19.3 Å². The molecule has 0 amide bonds. The zero-order valence-electron chi connectivity index (χ0n) is 33.2. The molecule has 12 heteroatoms. The predicted molar refractivity (Wildman–Crippen MR) is 248 cm³/mol. The highest BCUT2D eigenvalue weighted by Gasteiger charge is 2.17. The third-order valence-corrected chi connectivity index (χ3v) is 11.8. The van der Waals surface area contributed by atoms with Crippen molar-refractivity contribution in [2.24, 2.45) is 0 Å². The Bertz CT molecular complexity index is 2940. The van der Waals surface area contributed by atoms with E-state index in [1.165, 1.54) is 10.4 Å². The highest BCUT2D eigenvalue weighted by molar-refractivity contribution is 7.13.